The average molecular weight is 338 g/mol. The molecule has 20 heavy (non-hydrogen) atoms. The Morgan fingerprint density at radius 2 is 1.90 bits per heavy atom. The number of anilines is 1. The molecule has 1 aliphatic carbocycles. The van der Waals surface area contributed by atoms with Gasteiger partial charge in [-0.15, -0.1) is 0 Å². The second-order valence-corrected chi connectivity index (χ2v) is 6.87. The van der Waals surface area contributed by atoms with E-state index in [1.54, 1.807) is 6.07 Å². The third-order valence-electron chi connectivity index (χ3n) is 4.70. The smallest absolute Gasteiger partial charge is 0.335 e. The number of carboxylic acids is 1. The molecule has 1 aromatic carbocycles. The molecule has 2 fully saturated rings. The van der Waals surface area contributed by atoms with Crippen molar-refractivity contribution in [3.63, 3.8) is 0 Å². The molecular weight excluding hydrogens is 318 g/mol. The lowest BCUT2D eigenvalue weighted by atomic mass is 9.78. The zero-order chi connectivity index (χ0) is 14.1. The molecule has 108 valence electrons. The molecule has 0 aromatic heterocycles. The van der Waals surface area contributed by atoms with Gasteiger partial charge in [0, 0.05) is 22.7 Å². The number of hydrogen-bond donors (Lipinski definition) is 1. The second kappa shape index (κ2) is 5.76. The van der Waals surface area contributed by atoms with Crippen LogP contribution in [0.5, 0.6) is 0 Å². The van der Waals surface area contributed by atoms with Gasteiger partial charge in [-0.1, -0.05) is 28.8 Å². The van der Waals surface area contributed by atoms with Crippen LogP contribution in [0.25, 0.3) is 0 Å². The molecule has 3 rings (SSSR count). The summed E-state index contributed by atoms with van der Waals surface area (Å²) in [5.74, 6) is -0.0606. The lowest BCUT2D eigenvalue weighted by Crippen LogP contribution is -2.47. The van der Waals surface area contributed by atoms with Crippen molar-refractivity contribution in [3.05, 3.63) is 28.2 Å². The maximum atomic E-state index is 11.2. The topological polar surface area (TPSA) is 40.5 Å². The molecule has 0 amide bonds. The van der Waals surface area contributed by atoms with Gasteiger partial charge in [-0.25, -0.2) is 4.79 Å². The summed E-state index contributed by atoms with van der Waals surface area (Å²) in [5, 5.41) is 9.23. The molecule has 1 saturated carbocycles. The number of rotatable bonds is 2. The highest BCUT2D eigenvalue weighted by Gasteiger charge is 2.33. The van der Waals surface area contributed by atoms with E-state index in [4.69, 9.17) is 0 Å². The van der Waals surface area contributed by atoms with Crippen LogP contribution in [-0.2, 0) is 0 Å². The highest BCUT2D eigenvalue weighted by Crippen LogP contribution is 2.38. The number of hydrogen-bond acceptors (Lipinski definition) is 2. The van der Waals surface area contributed by atoms with Crippen LogP contribution in [0.4, 0.5) is 5.69 Å². The Morgan fingerprint density at radius 3 is 2.70 bits per heavy atom. The molecular formula is C16H20BrNO2. The fraction of sp³-hybridized carbons (Fsp3) is 0.562. The SMILES string of the molecule is O=C(O)c1cc(Br)cc(N2CCC[C@H]3CCCC[C@H]32)c1. The van der Waals surface area contributed by atoms with Crippen LogP contribution in [-0.4, -0.2) is 23.7 Å². The van der Waals surface area contributed by atoms with Crippen LogP contribution < -0.4 is 4.90 Å². The van der Waals surface area contributed by atoms with Gasteiger partial charge in [0.2, 0.25) is 0 Å². The van der Waals surface area contributed by atoms with E-state index < -0.39 is 5.97 Å². The number of aromatic carboxylic acids is 1. The van der Waals surface area contributed by atoms with Crippen LogP contribution in [0.3, 0.4) is 0 Å². The predicted octanol–water partition coefficient (Wildman–Crippen LogP) is 4.31. The van der Waals surface area contributed by atoms with Crippen molar-refractivity contribution in [2.24, 2.45) is 5.92 Å². The fourth-order valence-corrected chi connectivity index (χ4v) is 4.29. The van der Waals surface area contributed by atoms with Crippen LogP contribution in [0.15, 0.2) is 22.7 Å². The van der Waals surface area contributed by atoms with Crippen molar-refractivity contribution in [2.45, 2.75) is 44.6 Å². The molecule has 1 aromatic rings. The second-order valence-electron chi connectivity index (χ2n) is 5.95. The highest BCUT2D eigenvalue weighted by molar-refractivity contribution is 9.10. The first-order valence-corrected chi connectivity index (χ1v) is 8.25. The summed E-state index contributed by atoms with van der Waals surface area (Å²) in [6, 6.07) is 6.16. The maximum absolute atomic E-state index is 11.2. The lowest BCUT2D eigenvalue weighted by molar-refractivity contribution is 0.0697. The summed E-state index contributed by atoms with van der Waals surface area (Å²) in [7, 11) is 0. The lowest BCUT2D eigenvalue weighted by Gasteiger charge is -2.45. The minimum absolute atomic E-state index is 0.368. The number of halogens is 1. The molecule has 1 aliphatic heterocycles. The largest absolute Gasteiger partial charge is 0.478 e. The standard InChI is InChI=1S/C16H20BrNO2/c17-13-8-12(16(19)20)9-14(10-13)18-7-3-5-11-4-1-2-6-15(11)18/h8-11,15H,1-7H2,(H,19,20)/t11-,15-/m1/s1. The van der Waals surface area contributed by atoms with E-state index >= 15 is 0 Å². The number of carboxylic acid groups (broad SMARTS) is 1. The van der Waals surface area contributed by atoms with Gasteiger partial charge in [0.1, 0.15) is 0 Å². The van der Waals surface area contributed by atoms with Gasteiger partial charge in [0.25, 0.3) is 0 Å². The van der Waals surface area contributed by atoms with Crippen molar-refractivity contribution >= 4 is 27.6 Å². The van der Waals surface area contributed by atoms with Gasteiger partial charge in [-0.05, 0) is 49.8 Å². The van der Waals surface area contributed by atoms with E-state index in [1.165, 1.54) is 38.5 Å². The molecule has 0 spiro atoms. The molecule has 0 unspecified atom stereocenters. The van der Waals surface area contributed by atoms with Crippen molar-refractivity contribution < 1.29 is 9.90 Å². The summed E-state index contributed by atoms with van der Waals surface area (Å²) in [6.45, 7) is 1.05. The molecule has 1 heterocycles. The number of nitrogens with zero attached hydrogens (tertiary/aromatic N) is 1. The summed E-state index contributed by atoms with van der Waals surface area (Å²) >= 11 is 3.45. The molecule has 0 bridgehead atoms. The van der Waals surface area contributed by atoms with Gasteiger partial charge in [-0.3, -0.25) is 0 Å². The quantitative estimate of drug-likeness (QED) is 0.874. The number of piperidine rings is 1. The Labute approximate surface area is 128 Å². The Balaban J connectivity index is 1.92. The maximum Gasteiger partial charge on any atom is 0.335 e. The highest BCUT2D eigenvalue weighted by atomic mass is 79.9. The average Bonchev–Trinajstić information content (AvgIpc) is 2.46. The Hall–Kier alpha value is -1.03. The van der Waals surface area contributed by atoms with Crippen LogP contribution >= 0.6 is 15.9 Å². The van der Waals surface area contributed by atoms with Gasteiger partial charge in [0.05, 0.1) is 5.56 Å². The minimum atomic E-state index is -0.857. The normalized spacial score (nSPS) is 26.1. The van der Waals surface area contributed by atoms with E-state index in [2.05, 4.69) is 26.9 Å². The van der Waals surface area contributed by atoms with Gasteiger partial charge >= 0.3 is 5.97 Å². The summed E-state index contributed by atoms with van der Waals surface area (Å²) < 4.78 is 0.852. The van der Waals surface area contributed by atoms with E-state index in [-0.39, 0.29) is 0 Å². The first-order valence-electron chi connectivity index (χ1n) is 7.45. The molecule has 1 N–H and O–H groups in total. The fourth-order valence-electron chi connectivity index (χ4n) is 3.81. The van der Waals surface area contributed by atoms with Crippen molar-refractivity contribution in [1.29, 1.82) is 0 Å². The zero-order valence-corrected chi connectivity index (χ0v) is 13.1. The van der Waals surface area contributed by atoms with E-state index in [1.807, 2.05) is 6.07 Å². The van der Waals surface area contributed by atoms with Crippen molar-refractivity contribution in [3.8, 4) is 0 Å². The van der Waals surface area contributed by atoms with Gasteiger partial charge in [-0.2, -0.15) is 0 Å². The Bertz CT molecular complexity index is 515. The molecule has 0 radical (unpaired) electrons. The van der Waals surface area contributed by atoms with Crippen molar-refractivity contribution in [1.82, 2.24) is 0 Å². The first-order chi connectivity index (χ1) is 9.65. The third-order valence-corrected chi connectivity index (χ3v) is 5.16. The van der Waals surface area contributed by atoms with Gasteiger partial charge in [0.15, 0.2) is 0 Å². The Morgan fingerprint density at radius 1 is 1.15 bits per heavy atom. The van der Waals surface area contributed by atoms with Crippen LogP contribution in [0.2, 0.25) is 0 Å². The summed E-state index contributed by atoms with van der Waals surface area (Å²) in [6.07, 6.45) is 7.79. The van der Waals surface area contributed by atoms with E-state index in [0.29, 0.717) is 11.6 Å². The molecule has 1 saturated heterocycles. The monoisotopic (exact) mass is 337 g/mol. The van der Waals surface area contributed by atoms with Gasteiger partial charge < -0.3 is 10.0 Å². The van der Waals surface area contributed by atoms with Crippen LogP contribution in [0, 0.1) is 5.92 Å². The van der Waals surface area contributed by atoms with Crippen LogP contribution in [0.1, 0.15) is 48.9 Å². The zero-order valence-electron chi connectivity index (χ0n) is 11.5. The van der Waals surface area contributed by atoms with E-state index in [0.717, 1.165) is 22.6 Å². The third kappa shape index (κ3) is 2.71. The summed E-state index contributed by atoms with van der Waals surface area (Å²) in [5.41, 5.74) is 1.43. The molecule has 3 nitrogen and oxygen atoms in total. The van der Waals surface area contributed by atoms with E-state index in [9.17, 15) is 9.90 Å². The molecule has 4 heteroatoms. The first kappa shape index (κ1) is 13.9. The Kier molecular flexibility index (Phi) is 4.01. The minimum Gasteiger partial charge on any atom is -0.478 e. The summed E-state index contributed by atoms with van der Waals surface area (Å²) in [4.78, 5) is 13.7. The number of carbonyl (C=O) groups is 1. The molecule has 2 aliphatic rings. The molecule has 2 atom stereocenters. The number of benzene rings is 1. The predicted molar refractivity (Wildman–Crippen MR) is 83.4 cm³/mol. The van der Waals surface area contributed by atoms with Crippen molar-refractivity contribution in [2.75, 3.05) is 11.4 Å². The number of fused-ring (bicyclic) bond motifs is 1.